The summed E-state index contributed by atoms with van der Waals surface area (Å²) in [6.45, 7) is 1.41. The highest BCUT2D eigenvalue weighted by molar-refractivity contribution is 5.76. The Morgan fingerprint density at radius 3 is 2.74 bits per heavy atom. The molecule has 2 N–H and O–H groups in total. The number of piperidine rings is 1. The first-order chi connectivity index (χ1) is 13.0. The van der Waals surface area contributed by atoms with E-state index in [1.165, 1.54) is 11.1 Å². The van der Waals surface area contributed by atoms with Crippen molar-refractivity contribution in [2.75, 3.05) is 27.2 Å². The summed E-state index contributed by atoms with van der Waals surface area (Å²) in [7, 11) is 4.05. The minimum absolute atomic E-state index is 0.0181. The Morgan fingerprint density at radius 1 is 1.33 bits per heavy atom. The summed E-state index contributed by atoms with van der Waals surface area (Å²) in [6.07, 6.45) is 6.02. The van der Waals surface area contributed by atoms with Crippen LogP contribution < -0.4 is 0 Å². The minimum Gasteiger partial charge on any atom is -0.390 e. The van der Waals surface area contributed by atoms with Crippen molar-refractivity contribution in [3.63, 3.8) is 0 Å². The third-order valence-corrected chi connectivity index (χ3v) is 6.43. The molecule has 1 aliphatic carbocycles. The van der Waals surface area contributed by atoms with Crippen molar-refractivity contribution >= 4 is 5.91 Å². The fourth-order valence-corrected chi connectivity index (χ4v) is 4.94. The van der Waals surface area contributed by atoms with E-state index >= 15 is 0 Å². The Labute approximate surface area is 160 Å². The van der Waals surface area contributed by atoms with Gasteiger partial charge in [-0.1, -0.05) is 24.3 Å². The summed E-state index contributed by atoms with van der Waals surface area (Å²) in [5.74, 6) is 0.191. The van der Waals surface area contributed by atoms with Crippen LogP contribution >= 0.6 is 0 Å². The van der Waals surface area contributed by atoms with Gasteiger partial charge in [-0.3, -0.25) is 9.89 Å². The second-order valence-electron chi connectivity index (χ2n) is 8.08. The predicted molar refractivity (Wildman–Crippen MR) is 103 cm³/mol. The normalized spacial score (nSPS) is 23.8. The lowest BCUT2D eigenvalue weighted by molar-refractivity contribution is -0.133. The molecule has 1 amide bonds. The molecule has 2 aliphatic rings. The van der Waals surface area contributed by atoms with Gasteiger partial charge in [0.15, 0.2) is 0 Å². The van der Waals surface area contributed by atoms with Crippen molar-refractivity contribution < 1.29 is 9.90 Å². The van der Waals surface area contributed by atoms with E-state index in [4.69, 9.17) is 0 Å². The summed E-state index contributed by atoms with van der Waals surface area (Å²) in [5, 5.41) is 18.0. The zero-order valence-corrected chi connectivity index (χ0v) is 16.1. The maximum absolute atomic E-state index is 12.6. The number of aryl methyl sites for hydroxylation is 1. The summed E-state index contributed by atoms with van der Waals surface area (Å²) < 4.78 is 0. The van der Waals surface area contributed by atoms with Gasteiger partial charge < -0.3 is 14.9 Å². The van der Waals surface area contributed by atoms with Gasteiger partial charge in [0, 0.05) is 31.1 Å². The number of aliphatic hydroxyl groups is 1. The quantitative estimate of drug-likeness (QED) is 0.864. The van der Waals surface area contributed by atoms with E-state index in [0.29, 0.717) is 25.9 Å². The molecule has 1 spiro atoms. The number of carbonyl (C=O) groups is 1. The number of hydrogen-bond donors (Lipinski definition) is 2. The van der Waals surface area contributed by atoms with Crippen LogP contribution in [0.2, 0.25) is 0 Å². The van der Waals surface area contributed by atoms with Crippen molar-refractivity contribution in [2.45, 2.75) is 43.2 Å². The number of H-pyrrole nitrogens is 1. The van der Waals surface area contributed by atoms with E-state index in [0.717, 1.165) is 18.4 Å². The van der Waals surface area contributed by atoms with E-state index in [2.05, 4.69) is 39.4 Å². The molecule has 0 unspecified atom stereocenters. The lowest BCUT2D eigenvalue weighted by Crippen LogP contribution is -2.50. The molecule has 6 nitrogen and oxygen atoms in total. The van der Waals surface area contributed by atoms with Crippen molar-refractivity contribution in [1.82, 2.24) is 20.0 Å². The zero-order chi connectivity index (χ0) is 19.0. The van der Waals surface area contributed by atoms with Crippen LogP contribution in [-0.2, 0) is 16.6 Å². The van der Waals surface area contributed by atoms with Gasteiger partial charge in [-0.2, -0.15) is 5.10 Å². The molecule has 1 fully saturated rings. The van der Waals surface area contributed by atoms with E-state index in [9.17, 15) is 9.90 Å². The number of aromatic nitrogens is 2. The molecule has 0 saturated carbocycles. The molecule has 4 rings (SSSR count). The third-order valence-electron chi connectivity index (χ3n) is 6.43. The molecular formula is C21H28N4O2. The molecule has 144 valence electrons. The lowest BCUT2D eigenvalue weighted by Gasteiger charge is -2.43. The SMILES string of the molecule is CN(C)[C@@H]1c2ccccc2C2(CCN(C(=O)CCc3cn[nH]c3)CC2)[C@H]1O. The predicted octanol–water partition coefficient (Wildman–Crippen LogP) is 1.88. The molecule has 0 radical (unpaired) electrons. The van der Waals surface area contributed by atoms with Crippen LogP contribution in [-0.4, -0.2) is 64.3 Å². The standard InChI is InChI=1S/C21H28N4O2/c1-24(2)19-16-5-3-4-6-17(16)21(20(19)27)9-11-25(12-10-21)18(26)8-7-15-13-22-23-14-15/h3-6,13-14,19-20,27H,7-12H2,1-2H3,(H,22,23)/t19-,20+/m1/s1. The highest BCUT2D eigenvalue weighted by Gasteiger charge is 2.53. The van der Waals surface area contributed by atoms with E-state index in [-0.39, 0.29) is 17.4 Å². The van der Waals surface area contributed by atoms with Crippen LogP contribution in [0.4, 0.5) is 0 Å². The van der Waals surface area contributed by atoms with E-state index < -0.39 is 6.10 Å². The first kappa shape index (κ1) is 18.2. The Kier molecular flexibility index (Phi) is 4.78. The molecule has 0 bridgehead atoms. The monoisotopic (exact) mass is 368 g/mol. The molecule has 1 aliphatic heterocycles. The van der Waals surface area contributed by atoms with Crippen LogP contribution in [0.15, 0.2) is 36.7 Å². The highest BCUT2D eigenvalue weighted by atomic mass is 16.3. The average molecular weight is 368 g/mol. The second-order valence-corrected chi connectivity index (χ2v) is 8.08. The van der Waals surface area contributed by atoms with Crippen LogP contribution in [0.25, 0.3) is 0 Å². The van der Waals surface area contributed by atoms with Gasteiger partial charge in [0.2, 0.25) is 5.91 Å². The van der Waals surface area contributed by atoms with Crippen molar-refractivity contribution in [1.29, 1.82) is 0 Å². The number of likely N-dealkylation sites (tertiary alicyclic amines) is 1. The van der Waals surface area contributed by atoms with Crippen LogP contribution in [0, 0.1) is 0 Å². The molecule has 2 aromatic rings. The number of benzene rings is 1. The molecule has 2 atom stereocenters. The summed E-state index contributed by atoms with van der Waals surface area (Å²) in [4.78, 5) is 16.7. The van der Waals surface area contributed by atoms with Gasteiger partial charge in [-0.05, 0) is 50.0 Å². The van der Waals surface area contributed by atoms with Gasteiger partial charge in [0.1, 0.15) is 0 Å². The lowest BCUT2D eigenvalue weighted by atomic mass is 9.72. The number of amides is 1. The number of nitrogens with zero attached hydrogens (tertiary/aromatic N) is 3. The molecule has 1 aromatic heterocycles. The topological polar surface area (TPSA) is 72.5 Å². The van der Waals surface area contributed by atoms with Crippen molar-refractivity contribution in [3.05, 3.63) is 53.3 Å². The maximum Gasteiger partial charge on any atom is 0.222 e. The van der Waals surface area contributed by atoms with Gasteiger partial charge in [0.05, 0.1) is 18.3 Å². The van der Waals surface area contributed by atoms with Crippen LogP contribution in [0.3, 0.4) is 0 Å². The third kappa shape index (κ3) is 3.07. The fraction of sp³-hybridized carbons (Fsp3) is 0.524. The first-order valence-corrected chi connectivity index (χ1v) is 9.72. The smallest absolute Gasteiger partial charge is 0.222 e. The summed E-state index contributed by atoms with van der Waals surface area (Å²) in [6, 6.07) is 8.44. The maximum atomic E-state index is 12.6. The molecule has 6 heteroatoms. The van der Waals surface area contributed by atoms with Crippen molar-refractivity contribution in [3.8, 4) is 0 Å². The number of aliphatic hydroxyl groups excluding tert-OH is 1. The van der Waals surface area contributed by atoms with Gasteiger partial charge in [-0.25, -0.2) is 0 Å². The van der Waals surface area contributed by atoms with Gasteiger partial charge >= 0.3 is 0 Å². The van der Waals surface area contributed by atoms with E-state index in [1.54, 1.807) is 6.20 Å². The Hall–Kier alpha value is -2.18. The number of fused-ring (bicyclic) bond motifs is 2. The number of carbonyl (C=O) groups excluding carboxylic acids is 1. The summed E-state index contributed by atoms with van der Waals surface area (Å²) in [5.41, 5.74) is 3.31. The molecule has 1 saturated heterocycles. The van der Waals surface area contributed by atoms with Crippen LogP contribution in [0.1, 0.15) is 42.0 Å². The Bertz CT molecular complexity index is 794. The number of likely N-dealkylation sites (N-methyl/N-ethyl adjacent to an activating group) is 1. The fourth-order valence-electron chi connectivity index (χ4n) is 4.94. The molecular weight excluding hydrogens is 340 g/mol. The Morgan fingerprint density at radius 2 is 2.07 bits per heavy atom. The molecule has 1 aromatic carbocycles. The zero-order valence-electron chi connectivity index (χ0n) is 16.1. The average Bonchev–Trinajstić information content (AvgIpc) is 3.27. The number of nitrogens with one attached hydrogen (secondary N) is 1. The highest BCUT2D eigenvalue weighted by Crippen LogP contribution is 2.52. The van der Waals surface area contributed by atoms with E-state index in [1.807, 2.05) is 25.2 Å². The molecule has 2 heterocycles. The van der Waals surface area contributed by atoms with Crippen molar-refractivity contribution in [2.24, 2.45) is 0 Å². The number of aromatic amines is 1. The minimum atomic E-state index is -0.437. The van der Waals surface area contributed by atoms with Gasteiger partial charge in [-0.15, -0.1) is 0 Å². The summed E-state index contributed by atoms with van der Waals surface area (Å²) >= 11 is 0. The Balaban J connectivity index is 1.47. The van der Waals surface area contributed by atoms with Crippen LogP contribution in [0.5, 0.6) is 0 Å². The van der Waals surface area contributed by atoms with Gasteiger partial charge in [0.25, 0.3) is 0 Å². The molecule has 27 heavy (non-hydrogen) atoms. The largest absolute Gasteiger partial charge is 0.390 e. The second kappa shape index (κ2) is 7.09. The number of hydrogen-bond acceptors (Lipinski definition) is 4. The number of rotatable bonds is 4. The first-order valence-electron chi connectivity index (χ1n) is 9.72.